The quantitative estimate of drug-likeness (QED) is 0.365. The predicted octanol–water partition coefficient (Wildman–Crippen LogP) is 3.97. The largest absolute Gasteiger partial charge is 0.481 e. The molecular weight excluding hydrogens is 514 g/mol. The van der Waals surface area contributed by atoms with Gasteiger partial charge in [0, 0.05) is 30.8 Å². The van der Waals surface area contributed by atoms with Crippen molar-refractivity contribution < 1.29 is 33.5 Å². The molecule has 2 N–H and O–H groups in total. The van der Waals surface area contributed by atoms with Gasteiger partial charge in [0.25, 0.3) is 5.91 Å². The fourth-order valence-electron chi connectivity index (χ4n) is 4.75. The number of ketones is 2. The smallest absolute Gasteiger partial charge is 0.305 e. The lowest BCUT2D eigenvalue weighted by atomic mass is 9.84. The molecule has 208 valence electrons. The Morgan fingerprint density at radius 2 is 1.82 bits per heavy atom. The van der Waals surface area contributed by atoms with E-state index < -0.39 is 23.3 Å². The van der Waals surface area contributed by atoms with E-state index in [0.29, 0.717) is 22.5 Å². The van der Waals surface area contributed by atoms with Gasteiger partial charge in [-0.3, -0.25) is 24.0 Å². The van der Waals surface area contributed by atoms with E-state index in [9.17, 15) is 24.0 Å². The molecule has 0 saturated heterocycles. The first-order valence-corrected chi connectivity index (χ1v) is 12.8. The zero-order valence-electron chi connectivity index (χ0n) is 22.8. The number of furan rings is 1. The van der Waals surface area contributed by atoms with Crippen molar-refractivity contribution in [3.63, 3.8) is 0 Å². The number of likely N-dealkylation sites (N-methyl/N-ethyl adjacent to an activating group) is 1. The number of carboxylic acids is 1. The average Bonchev–Trinajstić information content (AvgIpc) is 3.45. The van der Waals surface area contributed by atoms with E-state index in [4.69, 9.17) is 9.52 Å². The van der Waals surface area contributed by atoms with E-state index in [1.165, 1.54) is 16.1 Å². The van der Waals surface area contributed by atoms with Gasteiger partial charge in [-0.2, -0.15) is 0 Å². The summed E-state index contributed by atoms with van der Waals surface area (Å²) in [4.78, 5) is 65.9. The van der Waals surface area contributed by atoms with Crippen LogP contribution >= 0.6 is 0 Å². The Labute approximate surface area is 231 Å². The van der Waals surface area contributed by atoms with Crippen molar-refractivity contribution in [1.29, 1.82) is 0 Å². The molecule has 0 bridgehead atoms. The molecule has 0 fully saturated rings. The minimum atomic E-state index is -1.08. The van der Waals surface area contributed by atoms with E-state index in [0.717, 1.165) is 0 Å². The van der Waals surface area contributed by atoms with Crippen molar-refractivity contribution in [2.45, 2.75) is 38.6 Å². The van der Waals surface area contributed by atoms with Crippen molar-refractivity contribution in [2.24, 2.45) is 0 Å². The molecule has 1 unspecified atom stereocenters. The number of hydrogen-bond acceptors (Lipinski definition) is 7. The molecule has 1 aliphatic heterocycles. The number of rotatable bonds is 10. The van der Waals surface area contributed by atoms with Crippen LogP contribution in [-0.2, 0) is 14.4 Å². The maximum Gasteiger partial charge on any atom is 0.305 e. The molecule has 0 spiro atoms. The van der Waals surface area contributed by atoms with Gasteiger partial charge in [-0.1, -0.05) is 25.1 Å². The zero-order valence-corrected chi connectivity index (χ0v) is 22.8. The number of aliphatic carboxylic acids is 1. The van der Waals surface area contributed by atoms with Crippen LogP contribution in [0.25, 0.3) is 0 Å². The van der Waals surface area contributed by atoms with E-state index >= 15 is 0 Å². The summed E-state index contributed by atoms with van der Waals surface area (Å²) in [6.07, 6.45) is 1.14. The maximum atomic E-state index is 13.6. The van der Waals surface area contributed by atoms with Crippen molar-refractivity contribution in [2.75, 3.05) is 30.4 Å². The number of carbonyl (C=O) groups is 5. The standard InChI is InChI=1S/C30H31N3O7/c1-18(19-7-5-8-20(15-19)27(37)24-9-6-14-40-24)28(38)30(2,3)31-21-10-11-23-22(16-21)29(39)33(13-12-26(35)36)17-25(34)32(23)4/h5-11,14-16,18,31H,12-13,17H2,1-4H3,(H,35,36). The fraction of sp³-hybridized carbons (Fsp3) is 0.300. The summed E-state index contributed by atoms with van der Waals surface area (Å²) in [5.74, 6) is -2.65. The van der Waals surface area contributed by atoms with Gasteiger partial charge in [-0.05, 0) is 55.8 Å². The number of nitrogens with one attached hydrogen (secondary N) is 1. The first kappa shape index (κ1) is 28.3. The van der Waals surface area contributed by atoms with Gasteiger partial charge >= 0.3 is 5.97 Å². The summed E-state index contributed by atoms with van der Waals surface area (Å²) in [5.41, 5.74) is 1.11. The highest BCUT2D eigenvalue weighted by Gasteiger charge is 2.34. The van der Waals surface area contributed by atoms with E-state index in [1.54, 1.807) is 82.4 Å². The van der Waals surface area contributed by atoms with Crippen LogP contribution < -0.4 is 10.2 Å². The molecule has 0 aliphatic carbocycles. The minimum Gasteiger partial charge on any atom is -0.481 e. The van der Waals surface area contributed by atoms with Gasteiger partial charge in [0.2, 0.25) is 11.7 Å². The number of nitrogens with zero attached hydrogens (tertiary/aromatic N) is 2. The number of benzene rings is 2. The van der Waals surface area contributed by atoms with Crippen molar-refractivity contribution in [1.82, 2.24) is 4.90 Å². The lowest BCUT2D eigenvalue weighted by Gasteiger charge is -2.30. The Morgan fingerprint density at radius 3 is 2.50 bits per heavy atom. The Bertz CT molecular complexity index is 1480. The molecule has 1 aliphatic rings. The van der Waals surface area contributed by atoms with Crippen molar-refractivity contribution >= 4 is 40.7 Å². The Balaban J connectivity index is 1.56. The van der Waals surface area contributed by atoms with Crippen LogP contribution in [0.4, 0.5) is 11.4 Å². The average molecular weight is 546 g/mol. The van der Waals surface area contributed by atoms with Gasteiger partial charge in [-0.25, -0.2) is 0 Å². The summed E-state index contributed by atoms with van der Waals surface area (Å²) >= 11 is 0. The van der Waals surface area contributed by atoms with Gasteiger partial charge in [-0.15, -0.1) is 0 Å². The number of Topliss-reactive ketones (excluding diaryl/α,β-unsaturated/α-hetero) is 1. The summed E-state index contributed by atoms with van der Waals surface area (Å²) in [7, 11) is 1.56. The van der Waals surface area contributed by atoms with Crippen LogP contribution in [0.3, 0.4) is 0 Å². The number of carbonyl (C=O) groups excluding carboxylic acids is 4. The predicted molar refractivity (Wildman–Crippen MR) is 148 cm³/mol. The number of fused-ring (bicyclic) bond motifs is 1. The topological polar surface area (TPSA) is 137 Å². The molecule has 1 aromatic heterocycles. The Kier molecular flexibility index (Phi) is 7.90. The Hall–Kier alpha value is -4.73. The molecule has 10 nitrogen and oxygen atoms in total. The lowest BCUT2D eigenvalue weighted by molar-refractivity contribution is -0.137. The number of hydrogen-bond donors (Lipinski definition) is 2. The van der Waals surface area contributed by atoms with Gasteiger partial charge in [0.05, 0.1) is 29.5 Å². The van der Waals surface area contributed by atoms with E-state index in [2.05, 4.69) is 5.32 Å². The molecule has 2 heterocycles. The van der Waals surface area contributed by atoms with Gasteiger partial charge in [0.15, 0.2) is 11.5 Å². The summed E-state index contributed by atoms with van der Waals surface area (Å²) in [6.45, 7) is 4.89. The molecule has 2 aromatic carbocycles. The molecule has 1 atom stereocenters. The van der Waals surface area contributed by atoms with Crippen LogP contribution in [0.15, 0.2) is 65.3 Å². The third-order valence-electron chi connectivity index (χ3n) is 7.03. The highest BCUT2D eigenvalue weighted by atomic mass is 16.4. The zero-order chi connectivity index (χ0) is 29.2. The van der Waals surface area contributed by atoms with Crippen LogP contribution in [-0.4, -0.2) is 65.0 Å². The first-order valence-electron chi connectivity index (χ1n) is 12.8. The molecule has 3 aromatic rings. The number of amides is 2. The number of carboxylic acid groups (broad SMARTS) is 1. The SMILES string of the molecule is CC(C(=O)C(C)(C)Nc1ccc2c(c1)C(=O)N(CCC(=O)O)CC(=O)N2C)c1cccc(C(=O)c2ccco2)c1. The summed E-state index contributed by atoms with van der Waals surface area (Å²) < 4.78 is 5.21. The molecule has 4 rings (SSSR count). The normalized spacial score (nSPS) is 14.4. The Morgan fingerprint density at radius 1 is 1.07 bits per heavy atom. The second kappa shape index (κ2) is 11.2. The summed E-state index contributed by atoms with van der Waals surface area (Å²) in [5, 5.41) is 12.3. The molecule has 0 radical (unpaired) electrons. The maximum absolute atomic E-state index is 13.6. The molecule has 10 heteroatoms. The highest BCUT2D eigenvalue weighted by molar-refractivity contribution is 6.10. The van der Waals surface area contributed by atoms with E-state index in [1.807, 2.05) is 0 Å². The monoisotopic (exact) mass is 545 g/mol. The molecule has 40 heavy (non-hydrogen) atoms. The molecular formula is C30H31N3O7. The molecule has 0 saturated carbocycles. The van der Waals surface area contributed by atoms with Crippen LogP contribution in [0.5, 0.6) is 0 Å². The fourth-order valence-corrected chi connectivity index (χ4v) is 4.75. The van der Waals surface area contributed by atoms with Crippen LogP contribution in [0.2, 0.25) is 0 Å². The van der Waals surface area contributed by atoms with Crippen LogP contribution in [0, 0.1) is 0 Å². The van der Waals surface area contributed by atoms with Gasteiger partial charge < -0.3 is 24.6 Å². The van der Waals surface area contributed by atoms with E-state index in [-0.39, 0.29) is 48.3 Å². The molecule has 2 amide bonds. The first-order chi connectivity index (χ1) is 18.9. The van der Waals surface area contributed by atoms with Crippen molar-refractivity contribution in [3.05, 3.63) is 83.3 Å². The van der Waals surface area contributed by atoms with Gasteiger partial charge in [0.1, 0.15) is 6.54 Å². The third kappa shape index (κ3) is 5.80. The highest BCUT2D eigenvalue weighted by Crippen LogP contribution is 2.31. The van der Waals surface area contributed by atoms with Crippen LogP contribution in [0.1, 0.15) is 65.1 Å². The van der Waals surface area contributed by atoms with Crippen molar-refractivity contribution in [3.8, 4) is 0 Å². The second-order valence-electron chi connectivity index (χ2n) is 10.3. The number of anilines is 2. The lowest BCUT2D eigenvalue weighted by Crippen LogP contribution is -2.42. The minimum absolute atomic E-state index is 0.103. The summed E-state index contributed by atoms with van der Waals surface area (Å²) in [6, 6.07) is 15.0. The third-order valence-corrected chi connectivity index (χ3v) is 7.03. The second-order valence-corrected chi connectivity index (χ2v) is 10.3.